The first-order chi connectivity index (χ1) is 9.31. The van der Waals surface area contributed by atoms with Crippen LogP contribution >= 0.6 is 23.2 Å². The monoisotopic (exact) mass is 334 g/mol. The fourth-order valence-corrected chi connectivity index (χ4v) is 3.28. The molecule has 20 heavy (non-hydrogen) atoms. The second-order valence-corrected chi connectivity index (χ2v) is 6.38. The molecule has 0 aliphatic rings. The first-order valence-electron chi connectivity index (χ1n) is 5.33. The molecule has 8 heteroatoms. The van der Waals surface area contributed by atoms with Crippen LogP contribution in [0.4, 0.5) is 15.8 Å². The summed E-state index contributed by atoms with van der Waals surface area (Å²) < 4.78 is 40.1. The number of nitrogens with one attached hydrogen (secondary N) is 1. The Balaban J connectivity index is 2.49. The molecule has 0 spiro atoms. The molecule has 0 unspecified atom stereocenters. The van der Waals surface area contributed by atoms with E-state index in [9.17, 15) is 12.8 Å². The van der Waals surface area contributed by atoms with Crippen LogP contribution in [0.15, 0.2) is 41.3 Å². The molecule has 0 heterocycles. The van der Waals surface area contributed by atoms with Gasteiger partial charge in [-0.2, -0.15) is 0 Å². The zero-order valence-corrected chi connectivity index (χ0v) is 12.2. The predicted octanol–water partition coefficient (Wildman–Crippen LogP) is 3.52. The molecule has 0 aliphatic carbocycles. The molecule has 0 amide bonds. The van der Waals surface area contributed by atoms with E-state index >= 15 is 0 Å². The predicted molar refractivity (Wildman–Crippen MR) is 78.1 cm³/mol. The Hall–Kier alpha value is -1.50. The smallest absolute Gasteiger partial charge is 0.264 e. The Kier molecular flexibility index (Phi) is 4.08. The summed E-state index contributed by atoms with van der Waals surface area (Å²) >= 11 is 11.5. The van der Waals surface area contributed by atoms with Crippen molar-refractivity contribution in [2.75, 3.05) is 10.5 Å². The maximum Gasteiger partial charge on any atom is 0.264 e. The number of para-hydroxylation sites is 1. The van der Waals surface area contributed by atoms with Crippen molar-refractivity contribution >= 4 is 44.6 Å². The molecule has 3 N–H and O–H groups in total. The molecule has 106 valence electrons. The van der Waals surface area contributed by atoms with Crippen LogP contribution in [0.25, 0.3) is 0 Å². The summed E-state index contributed by atoms with van der Waals surface area (Å²) in [7, 11) is -4.10. The van der Waals surface area contributed by atoms with Gasteiger partial charge in [0.25, 0.3) is 10.0 Å². The summed E-state index contributed by atoms with van der Waals surface area (Å²) in [5.41, 5.74) is 5.26. The Morgan fingerprint density at radius 3 is 2.50 bits per heavy atom. The quantitative estimate of drug-likeness (QED) is 0.843. The van der Waals surface area contributed by atoms with Crippen molar-refractivity contribution in [3.8, 4) is 0 Å². The molecule has 2 aromatic rings. The van der Waals surface area contributed by atoms with Gasteiger partial charge in [0.2, 0.25) is 0 Å². The Bertz CT molecular complexity index is 746. The van der Waals surface area contributed by atoms with Crippen LogP contribution < -0.4 is 10.5 Å². The van der Waals surface area contributed by atoms with Gasteiger partial charge in [-0.25, -0.2) is 12.8 Å². The third-order valence-electron chi connectivity index (χ3n) is 2.46. The Labute approximate surface area is 125 Å². The summed E-state index contributed by atoms with van der Waals surface area (Å²) in [6.07, 6.45) is 0. The van der Waals surface area contributed by atoms with Crippen molar-refractivity contribution in [3.05, 3.63) is 52.3 Å². The van der Waals surface area contributed by atoms with E-state index in [0.717, 1.165) is 6.07 Å². The number of nitrogen functional groups attached to an aromatic ring is 1. The van der Waals surface area contributed by atoms with E-state index in [1.54, 1.807) is 0 Å². The largest absolute Gasteiger partial charge is 0.398 e. The molecule has 0 atom stereocenters. The number of benzene rings is 2. The molecule has 0 aromatic heterocycles. The molecule has 0 radical (unpaired) electrons. The topological polar surface area (TPSA) is 72.2 Å². The van der Waals surface area contributed by atoms with Crippen LogP contribution in [0, 0.1) is 5.82 Å². The van der Waals surface area contributed by atoms with Gasteiger partial charge >= 0.3 is 0 Å². The fourth-order valence-electron chi connectivity index (χ4n) is 1.53. The molecule has 2 aromatic carbocycles. The Morgan fingerprint density at radius 1 is 1.15 bits per heavy atom. The standard InChI is InChI=1S/C12H9Cl2FN2O2S/c13-7-4-5-10(16)11(6-7)20(18,19)17-12-8(14)2-1-3-9(12)15/h1-6,17H,16H2. The van der Waals surface area contributed by atoms with Crippen LogP contribution in [-0.4, -0.2) is 8.42 Å². The molecular formula is C12H9Cl2FN2O2S. The average molecular weight is 335 g/mol. The van der Waals surface area contributed by atoms with Crippen molar-refractivity contribution < 1.29 is 12.8 Å². The zero-order valence-electron chi connectivity index (χ0n) is 9.90. The highest BCUT2D eigenvalue weighted by molar-refractivity contribution is 7.93. The van der Waals surface area contributed by atoms with Gasteiger partial charge < -0.3 is 5.73 Å². The van der Waals surface area contributed by atoms with Crippen molar-refractivity contribution in [1.29, 1.82) is 0 Å². The van der Waals surface area contributed by atoms with Gasteiger partial charge in [0.05, 0.1) is 10.7 Å². The van der Waals surface area contributed by atoms with Gasteiger partial charge in [0, 0.05) is 5.02 Å². The summed E-state index contributed by atoms with van der Waals surface area (Å²) in [5.74, 6) is -0.790. The van der Waals surface area contributed by atoms with E-state index in [-0.39, 0.29) is 26.3 Å². The van der Waals surface area contributed by atoms with Crippen molar-refractivity contribution in [2.45, 2.75) is 4.90 Å². The van der Waals surface area contributed by atoms with E-state index in [1.807, 2.05) is 0 Å². The second kappa shape index (κ2) is 5.47. The molecule has 0 bridgehead atoms. The highest BCUT2D eigenvalue weighted by atomic mass is 35.5. The van der Waals surface area contributed by atoms with Crippen LogP contribution in [-0.2, 0) is 10.0 Å². The maximum atomic E-state index is 13.6. The number of sulfonamides is 1. The van der Waals surface area contributed by atoms with Crippen molar-refractivity contribution in [3.63, 3.8) is 0 Å². The third-order valence-corrected chi connectivity index (χ3v) is 4.42. The number of nitrogens with two attached hydrogens (primary N) is 1. The lowest BCUT2D eigenvalue weighted by atomic mass is 10.3. The van der Waals surface area contributed by atoms with Gasteiger partial charge in [-0.3, -0.25) is 4.72 Å². The molecular weight excluding hydrogens is 326 g/mol. The Morgan fingerprint density at radius 2 is 1.85 bits per heavy atom. The minimum Gasteiger partial charge on any atom is -0.398 e. The number of halogens is 3. The van der Waals surface area contributed by atoms with E-state index in [2.05, 4.69) is 4.72 Å². The van der Waals surface area contributed by atoms with Crippen LogP contribution in [0.3, 0.4) is 0 Å². The minimum atomic E-state index is -4.10. The highest BCUT2D eigenvalue weighted by Crippen LogP contribution is 2.29. The van der Waals surface area contributed by atoms with Crippen LogP contribution in [0.1, 0.15) is 0 Å². The van der Waals surface area contributed by atoms with Gasteiger partial charge in [0.15, 0.2) is 0 Å². The van der Waals surface area contributed by atoms with E-state index in [4.69, 9.17) is 28.9 Å². The van der Waals surface area contributed by atoms with Gasteiger partial charge in [0.1, 0.15) is 16.4 Å². The number of hydrogen-bond donors (Lipinski definition) is 2. The van der Waals surface area contributed by atoms with Gasteiger partial charge in [-0.1, -0.05) is 29.3 Å². The first kappa shape index (κ1) is 14.9. The summed E-state index contributed by atoms with van der Waals surface area (Å²) in [6.45, 7) is 0. The lowest BCUT2D eigenvalue weighted by Crippen LogP contribution is -2.16. The molecule has 0 saturated heterocycles. The lowest BCUT2D eigenvalue weighted by Gasteiger charge is -2.12. The third kappa shape index (κ3) is 2.98. The first-order valence-corrected chi connectivity index (χ1v) is 7.57. The summed E-state index contributed by atoms with van der Waals surface area (Å²) in [4.78, 5) is -0.246. The van der Waals surface area contributed by atoms with Crippen LogP contribution in [0.2, 0.25) is 10.0 Å². The number of rotatable bonds is 3. The average Bonchev–Trinajstić information content (AvgIpc) is 2.37. The lowest BCUT2D eigenvalue weighted by molar-refractivity contribution is 0.599. The second-order valence-electron chi connectivity index (χ2n) is 3.88. The number of anilines is 2. The van der Waals surface area contributed by atoms with Crippen LogP contribution in [0.5, 0.6) is 0 Å². The molecule has 2 rings (SSSR count). The van der Waals surface area contributed by atoms with Crippen molar-refractivity contribution in [2.24, 2.45) is 0 Å². The maximum absolute atomic E-state index is 13.6. The van der Waals surface area contributed by atoms with Gasteiger partial charge in [-0.15, -0.1) is 0 Å². The van der Waals surface area contributed by atoms with Gasteiger partial charge in [-0.05, 0) is 30.3 Å². The normalized spacial score (nSPS) is 11.3. The SMILES string of the molecule is Nc1ccc(Cl)cc1S(=O)(=O)Nc1c(F)cccc1Cl. The molecule has 0 fully saturated rings. The van der Waals surface area contributed by atoms with E-state index in [1.165, 1.54) is 30.3 Å². The number of hydrogen-bond acceptors (Lipinski definition) is 3. The molecule has 0 aliphatic heterocycles. The fraction of sp³-hybridized carbons (Fsp3) is 0. The summed E-state index contributed by atoms with van der Waals surface area (Å²) in [5, 5.41) is 0.133. The molecule has 4 nitrogen and oxygen atoms in total. The van der Waals surface area contributed by atoms with Crippen molar-refractivity contribution in [1.82, 2.24) is 0 Å². The minimum absolute atomic E-state index is 0.00522. The highest BCUT2D eigenvalue weighted by Gasteiger charge is 2.21. The summed E-state index contributed by atoms with van der Waals surface area (Å²) in [6, 6.07) is 7.79. The molecule has 0 saturated carbocycles. The van der Waals surface area contributed by atoms with E-state index in [0.29, 0.717) is 0 Å². The van der Waals surface area contributed by atoms with E-state index < -0.39 is 15.8 Å². The zero-order chi connectivity index (χ0) is 14.9.